The maximum Gasteiger partial charge on any atom is 0.355 e. The molecule has 1 aromatic carbocycles. The van der Waals surface area contributed by atoms with Crippen molar-refractivity contribution in [1.82, 2.24) is 9.97 Å². The van der Waals surface area contributed by atoms with Crippen molar-refractivity contribution < 1.29 is 19.7 Å². The number of nitrogens with zero attached hydrogens (tertiary/aromatic N) is 2. The highest BCUT2D eigenvalue weighted by atomic mass is 16.5. The fourth-order valence-corrected chi connectivity index (χ4v) is 1.41. The second kappa shape index (κ2) is 3.65. The van der Waals surface area contributed by atoms with Gasteiger partial charge in [-0.25, -0.2) is 14.8 Å². The first-order valence-corrected chi connectivity index (χ1v) is 4.38. The molecule has 2 aromatic rings. The SMILES string of the molecule is COc1cc2ncnc(C(=O)O)c2cc1O. The lowest BCUT2D eigenvalue weighted by Gasteiger charge is -2.05. The van der Waals surface area contributed by atoms with Crippen LogP contribution in [0.25, 0.3) is 10.9 Å². The Bertz CT molecular complexity index is 568. The van der Waals surface area contributed by atoms with E-state index in [1.54, 1.807) is 0 Å². The van der Waals surface area contributed by atoms with Crippen molar-refractivity contribution in [1.29, 1.82) is 0 Å². The van der Waals surface area contributed by atoms with Gasteiger partial charge in [-0.1, -0.05) is 0 Å². The molecule has 6 nitrogen and oxygen atoms in total. The number of rotatable bonds is 2. The Labute approximate surface area is 90.1 Å². The summed E-state index contributed by atoms with van der Waals surface area (Å²) in [7, 11) is 1.40. The number of methoxy groups -OCH3 is 1. The molecule has 0 bridgehead atoms. The fraction of sp³-hybridized carbons (Fsp3) is 0.100. The molecule has 0 unspecified atom stereocenters. The summed E-state index contributed by atoms with van der Waals surface area (Å²) in [5.74, 6) is -1.08. The standard InChI is InChI=1S/C10H8N2O4/c1-16-8-3-6-5(2-7(8)13)9(10(14)15)12-4-11-6/h2-4,13H,1H3,(H,14,15). The highest BCUT2D eigenvalue weighted by molar-refractivity contribution is 6.01. The molecule has 0 amide bonds. The van der Waals surface area contributed by atoms with Crippen LogP contribution in [0.3, 0.4) is 0 Å². The summed E-state index contributed by atoms with van der Waals surface area (Å²) in [6.07, 6.45) is 1.16. The molecule has 0 radical (unpaired) electrons. The Balaban J connectivity index is 2.79. The summed E-state index contributed by atoms with van der Waals surface area (Å²) in [5.41, 5.74) is 0.255. The van der Waals surface area contributed by atoms with Gasteiger partial charge in [-0.3, -0.25) is 0 Å². The molecule has 0 aliphatic carbocycles. The summed E-state index contributed by atoms with van der Waals surface area (Å²) in [5, 5.41) is 18.7. The number of phenols is 1. The van der Waals surface area contributed by atoms with Crippen LogP contribution in [0, 0.1) is 0 Å². The van der Waals surface area contributed by atoms with E-state index in [0.29, 0.717) is 5.52 Å². The van der Waals surface area contributed by atoms with Gasteiger partial charge >= 0.3 is 5.97 Å². The van der Waals surface area contributed by atoms with E-state index in [1.807, 2.05) is 0 Å². The molecule has 16 heavy (non-hydrogen) atoms. The van der Waals surface area contributed by atoms with Crippen LogP contribution in [0.2, 0.25) is 0 Å². The van der Waals surface area contributed by atoms with Crippen LogP contribution >= 0.6 is 0 Å². The van der Waals surface area contributed by atoms with Crippen molar-refractivity contribution in [2.45, 2.75) is 0 Å². The number of ether oxygens (including phenoxy) is 1. The molecule has 82 valence electrons. The van der Waals surface area contributed by atoms with Crippen LogP contribution in [0.1, 0.15) is 10.5 Å². The number of aromatic nitrogens is 2. The van der Waals surface area contributed by atoms with Crippen molar-refractivity contribution in [3.05, 3.63) is 24.2 Å². The molecule has 0 saturated carbocycles. The summed E-state index contributed by atoms with van der Waals surface area (Å²) in [4.78, 5) is 18.4. The number of hydrogen-bond donors (Lipinski definition) is 2. The van der Waals surface area contributed by atoms with Crippen LogP contribution in [0.4, 0.5) is 0 Å². The van der Waals surface area contributed by atoms with E-state index in [0.717, 1.165) is 6.33 Å². The molecule has 0 fully saturated rings. The summed E-state index contributed by atoms with van der Waals surface area (Å²) in [6.45, 7) is 0. The van der Waals surface area contributed by atoms with Gasteiger partial charge in [0.05, 0.1) is 12.6 Å². The third-order valence-electron chi connectivity index (χ3n) is 2.14. The third-order valence-corrected chi connectivity index (χ3v) is 2.14. The number of carbonyl (C=O) groups is 1. The molecule has 1 aromatic heterocycles. The van der Waals surface area contributed by atoms with Gasteiger partial charge in [0.1, 0.15) is 6.33 Å². The van der Waals surface area contributed by atoms with Gasteiger partial charge in [0.2, 0.25) is 0 Å². The Morgan fingerprint density at radius 3 is 2.75 bits per heavy atom. The van der Waals surface area contributed by atoms with E-state index >= 15 is 0 Å². The molecular weight excluding hydrogens is 212 g/mol. The zero-order valence-electron chi connectivity index (χ0n) is 8.34. The van der Waals surface area contributed by atoms with Crippen LogP contribution in [-0.4, -0.2) is 33.3 Å². The smallest absolute Gasteiger partial charge is 0.355 e. The van der Waals surface area contributed by atoms with Gasteiger partial charge in [-0.15, -0.1) is 0 Å². The Kier molecular flexibility index (Phi) is 2.32. The van der Waals surface area contributed by atoms with E-state index in [4.69, 9.17) is 9.84 Å². The predicted molar refractivity (Wildman–Crippen MR) is 54.7 cm³/mol. The van der Waals surface area contributed by atoms with Gasteiger partial charge in [-0.2, -0.15) is 0 Å². The monoisotopic (exact) mass is 220 g/mol. The summed E-state index contributed by atoms with van der Waals surface area (Å²) >= 11 is 0. The van der Waals surface area contributed by atoms with Crippen LogP contribution in [-0.2, 0) is 0 Å². The number of fused-ring (bicyclic) bond motifs is 1. The van der Waals surface area contributed by atoms with E-state index in [2.05, 4.69) is 9.97 Å². The van der Waals surface area contributed by atoms with E-state index in [1.165, 1.54) is 19.2 Å². The Hall–Kier alpha value is -2.37. The number of aromatic carboxylic acids is 1. The first-order valence-electron chi connectivity index (χ1n) is 4.38. The van der Waals surface area contributed by atoms with Gasteiger partial charge in [-0.05, 0) is 6.07 Å². The number of carboxylic acid groups (broad SMARTS) is 1. The first-order chi connectivity index (χ1) is 7.63. The number of hydrogen-bond acceptors (Lipinski definition) is 5. The minimum atomic E-state index is -1.17. The number of phenolic OH excluding ortho intramolecular Hbond substituents is 1. The third kappa shape index (κ3) is 1.50. The molecule has 0 spiro atoms. The zero-order chi connectivity index (χ0) is 11.7. The van der Waals surface area contributed by atoms with Crippen molar-refractivity contribution in [2.24, 2.45) is 0 Å². The van der Waals surface area contributed by atoms with E-state index < -0.39 is 5.97 Å². The lowest BCUT2D eigenvalue weighted by atomic mass is 10.1. The highest BCUT2D eigenvalue weighted by Gasteiger charge is 2.13. The van der Waals surface area contributed by atoms with Crippen molar-refractivity contribution >= 4 is 16.9 Å². The first kappa shape index (κ1) is 10.2. The van der Waals surface area contributed by atoms with Crippen LogP contribution in [0.15, 0.2) is 18.5 Å². The Morgan fingerprint density at radius 2 is 2.12 bits per heavy atom. The lowest BCUT2D eigenvalue weighted by molar-refractivity contribution is 0.0692. The molecular formula is C10H8N2O4. The van der Waals surface area contributed by atoms with Crippen LogP contribution < -0.4 is 4.74 Å². The predicted octanol–water partition coefficient (Wildman–Crippen LogP) is 1.04. The van der Waals surface area contributed by atoms with Gasteiger partial charge in [0.15, 0.2) is 17.2 Å². The summed E-state index contributed by atoms with van der Waals surface area (Å²) < 4.78 is 4.90. The largest absolute Gasteiger partial charge is 0.504 e. The topological polar surface area (TPSA) is 92.5 Å². The van der Waals surface area contributed by atoms with Crippen molar-refractivity contribution in [3.8, 4) is 11.5 Å². The number of benzene rings is 1. The molecule has 0 aliphatic rings. The molecule has 1 heterocycles. The minimum absolute atomic E-state index is 0.146. The zero-order valence-corrected chi connectivity index (χ0v) is 8.34. The normalized spacial score (nSPS) is 10.3. The highest BCUT2D eigenvalue weighted by Crippen LogP contribution is 2.30. The second-order valence-corrected chi connectivity index (χ2v) is 3.07. The quantitative estimate of drug-likeness (QED) is 0.785. The molecule has 0 atom stereocenters. The summed E-state index contributed by atoms with van der Waals surface area (Å²) in [6, 6.07) is 2.73. The average molecular weight is 220 g/mol. The molecule has 0 saturated heterocycles. The fourth-order valence-electron chi connectivity index (χ4n) is 1.41. The minimum Gasteiger partial charge on any atom is -0.504 e. The maximum atomic E-state index is 10.9. The van der Waals surface area contributed by atoms with Crippen molar-refractivity contribution in [3.63, 3.8) is 0 Å². The second-order valence-electron chi connectivity index (χ2n) is 3.07. The number of carboxylic acids is 1. The van der Waals surface area contributed by atoms with Crippen LogP contribution in [0.5, 0.6) is 11.5 Å². The Morgan fingerprint density at radius 1 is 1.38 bits per heavy atom. The van der Waals surface area contributed by atoms with E-state index in [9.17, 15) is 9.90 Å². The number of aromatic hydroxyl groups is 1. The van der Waals surface area contributed by atoms with Gasteiger partial charge in [0.25, 0.3) is 0 Å². The average Bonchev–Trinajstić information content (AvgIpc) is 2.27. The van der Waals surface area contributed by atoms with E-state index in [-0.39, 0.29) is 22.6 Å². The van der Waals surface area contributed by atoms with Gasteiger partial charge in [0, 0.05) is 11.5 Å². The molecule has 6 heteroatoms. The van der Waals surface area contributed by atoms with Gasteiger partial charge < -0.3 is 14.9 Å². The lowest BCUT2D eigenvalue weighted by Crippen LogP contribution is -2.02. The molecule has 2 N–H and O–H groups in total. The molecule has 2 rings (SSSR count). The maximum absolute atomic E-state index is 10.9. The molecule has 0 aliphatic heterocycles. The van der Waals surface area contributed by atoms with Crippen molar-refractivity contribution in [2.75, 3.05) is 7.11 Å².